The molecule has 4 aromatic rings. The van der Waals surface area contributed by atoms with E-state index < -0.39 is 6.09 Å². The van der Waals surface area contributed by atoms with Gasteiger partial charge in [0.05, 0.1) is 17.8 Å². The van der Waals surface area contributed by atoms with Crippen molar-refractivity contribution in [2.45, 2.75) is 5.92 Å². The fourth-order valence-corrected chi connectivity index (χ4v) is 8.57. The van der Waals surface area contributed by atoms with E-state index in [1.807, 2.05) is 61.5 Å². The number of halogens is 1. The molecule has 3 heterocycles. The minimum absolute atomic E-state index is 0.0996. The predicted octanol–water partition coefficient (Wildman–Crippen LogP) is 7.41. The quantitative estimate of drug-likeness (QED) is 0.0857. The summed E-state index contributed by atoms with van der Waals surface area (Å²) in [5.41, 5.74) is 2.82. The zero-order chi connectivity index (χ0) is 35.4. The number of hydrogen-bond donors (Lipinski definition) is 1. The summed E-state index contributed by atoms with van der Waals surface area (Å²) in [7, 11) is 12.8. The maximum Gasteiger partial charge on any atom is 0.415 e. The number of anilines is 1. The van der Waals surface area contributed by atoms with Crippen LogP contribution in [0.1, 0.15) is 22.0 Å². The third-order valence-electron chi connectivity index (χ3n) is 8.78. The summed E-state index contributed by atoms with van der Waals surface area (Å²) in [6.45, 7) is 3.05. The summed E-state index contributed by atoms with van der Waals surface area (Å²) in [5.74, 6) is 2.34. The number of carbonyl (C=O) groups excluding carboxylic acids is 2. The topological polar surface area (TPSA) is 90.6 Å². The number of carbonyl (C=O) groups is 2. The molecule has 10 nitrogen and oxygen atoms in total. The third kappa shape index (κ3) is 7.68. The Bertz CT molecular complexity index is 1950. The highest BCUT2D eigenvalue weighted by Gasteiger charge is 2.36. The lowest BCUT2D eigenvalue weighted by atomic mass is 9.95. The number of fused-ring (bicyclic) bond motifs is 4. The zero-order valence-electron chi connectivity index (χ0n) is 28.9. The second-order valence-corrected chi connectivity index (χ2v) is 15.3. The highest BCUT2D eigenvalue weighted by molar-refractivity contribution is 8.78. The molecule has 1 aromatic heterocycles. The summed E-state index contributed by atoms with van der Waals surface area (Å²) < 4.78 is 17.6. The normalized spacial score (nSPS) is 15.5. The van der Waals surface area contributed by atoms with E-state index in [1.165, 1.54) is 5.03 Å². The molecule has 6 rings (SSSR count). The molecule has 0 unspecified atom stereocenters. The van der Waals surface area contributed by atoms with Gasteiger partial charge in [0.2, 0.25) is 0 Å². The molecule has 50 heavy (non-hydrogen) atoms. The SMILES string of the molecule is COc1cc2[nH]c(C(=O)N3C[C@@H](CCl)c4c3cc(OC(=O)N(C)CCSSC3=CC=CCN3C)c3ccccc43)cc2cc1OCCN(C)C. The molecule has 0 spiro atoms. The number of likely N-dealkylation sites (N-methyl/N-ethyl adjacent to an activating group) is 2. The van der Waals surface area contributed by atoms with Crippen LogP contribution in [0.3, 0.4) is 0 Å². The van der Waals surface area contributed by atoms with Gasteiger partial charge in [-0.1, -0.05) is 47.2 Å². The average molecular weight is 736 g/mol. The number of amides is 2. The first kappa shape index (κ1) is 35.8. The monoisotopic (exact) mass is 735 g/mol. The summed E-state index contributed by atoms with van der Waals surface area (Å²) in [6.07, 6.45) is 5.81. The van der Waals surface area contributed by atoms with Crippen molar-refractivity contribution in [2.24, 2.45) is 0 Å². The van der Waals surface area contributed by atoms with Gasteiger partial charge in [0.1, 0.15) is 18.1 Å². The van der Waals surface area contributed by atoms with Crippen molar-refractivity contribution in [3.8, 4) is 17.2 Å². The first-order chi connectivity index (χ1) is 24.2. The van der Waals surface area contributed by atoms with Gasteiger partial charge in [0, 0.05) is 86.2 Å². The van der Waals surface area contributed by atoms with Crippen molar-refractivity contribution >= 4 is 72.6 Å². The summed E-state index contributed by atoms with van der Waals surface area (Å²) in [6, 6.07) is 15.2. The Morgan fingerprint density at radius 3 is 2.58 bits per heavy atom. The lowest BCUT2D eigenvalue weighted by Crippen LogP contribution is -2.32. The van der Waals surface area contributed by atoms with Crippen LogP contribution in [-0.2, 0) is 0 Å². The summed E-state index contributed by atoms with van der Waals surface area (Å²) >= 11 is 6.53. The molecule has 3 aromatic carbocycles. The van der Waals surface area contributed by atoms with E-state index in [1.54, 1.807) is 51.6 Å². The van der Waals surface area contributed by atoms with Crippen molar-refractivity contribution in [3.63, 3.8) is 0 Å². The van der Waals surface area contributed by atoms with Crippen LogP contribution in [0, 0.1) is 0 Å². The van der Waals surface area contributed by atoms with E-state index >= 15 is 0 Å². The van der Waals surface area contributed by atoms with Gasteiger partial charge >= 0.3 is 6.09 Å². The van der Waals surface area contributed by atoms with Gasteiger partial charge in [-0.05, 0) is 54.0 Å². The number of rotatable bonds is 13. The fourth-order valence-electron chi connectivity index (χ4n) is 6.04. The van der Waals surface area contributed by atoms with Crippen molar-refractivity contribution in [3.05, 3.63) is 83.0 Å². The first-order valence-electron chi connectivity index (χ1n) is 16.4. The molecule has 2 amide bonds. The molecule has 0 aliphatic carbocycles. The number of allylic oxidation sites excluding steroid dienone is 2. The second-order valence-electron chi connectivity index (χ2n) is 12.6. The number of H-pyrrole nitrogens is 1. The maximum absolute atomic E-state index is 14.2. The molecule has 1 atom stereocenters. The molecule has 2 aliphatic heterocycles. The molecule has 0 bridgehead atoms. The van der Waals surface area contributed by atoms with Gasteiger partial charge in [-0.25, -0.2) is 4.79 Å². The number of nitrogens with zero attached hydrogens (tertiary/aromatic N) is 4. The average Bonchev–Trinajstić information content (AvgIpc) is 3.71. The van der Waals surface area contributed by atoms with Crippen LogP contribution in [0.25, 0.3) is 21.7 Å². The van der Waals surface area contributed by atoms with E-state index in [2.05, 4.69) is 35.2 Å². The van der Waals surface area contributed by atoms with Gasteiger partial charge in [0.15, 0.2) is 11.5 Å². The lowest BCUT2D eigenvalue weighted by molar-refractivity contribution is 0.0984. The van der Waals surface area contributed by atoms with Crippen molar-refractivity contribution in [1.82, 2.24) is 19.7 Å². The Labute approximate surface area is 305 Å². The number of alkyl halides is 1. The number of hydrogen-bond acceptors (Lipinski definition) is 9. The molecular formula is C37H42ClN5O5S2. The maximum atomic E-state index is 14.2. The molecular weight excluding hydrogens is 694 g/mol. The van der Waals surface area contributed by atoms with Gasteiger partial charge in [0.25, 0.3) is 5.91 Å². The van der Waals surface area contributed by atoms with E-state index in [0.717, 1.165) is 46.1 Å². The smallest absolute Gasteiger partial charge is 0.415 e. The minimum atomic E-state index is -0.462. The number of ether oxygens (including phenoxy) is 3. The summed E-state index contributed by atoms with van der Waals surface area (Å²) in [5, 5.41) is 3.71. The van der Waals surface area contributed by atoms with Crippen molar-refractivity contribution in [2.75, 3.05) is 84.6 Å². The number of aromatic nitrogens is 1. The molecule has 264 valence electrons. The molecule has 0 saturated carbocycles. The predicted molar refractivity (Wildman–Crippen MR) is 207 cm³/mol. The Hall–Kier alpha value is -3.97. The first-order valence-corrected chi connectivity index (χ1v) is 19.3. The zero-order valence-corrected chi connectivity index (χ0v) is 31.3. The molecule has 13 heteroatoms. The van der Waals surface area contributed by atoms with Crippen LogP contribution >= 0.6 is 33.2 Å². The summed E-state index contributed by atoms with van der Waals surface area (Å²) in [4.78, 5) is 38.4. The van der Waals surface area contributed by atoms with Gasteiger partial charge < -0.3 is 38.8 Å². The van der Waals surface area contributed by atoms with E-state index in [0.29, 0.717) is 54.2 Å². The van der Waals surface area contributed by atoms with Gasteiger partial charge in [-0.3, -0.25) is 4.79 Å². The molecule has 0 radical (unpaired) electrons. The standard InChI is InChI=1S/C37H42ClN5O5S2/c1-40(2)14-16-47-33-19-24-18-29(39-28(24)20-32(33)46-5)36(44)43-23-25(22-38)35-27-11-7-6-10-26(27)31(21-30(35)43)48-37(45)42(4)15-17-49-50-34-12-8-9-13-41(34)3/h6-12,18-21,25,39H,13-17,22-23H2,1-5H3/t25-/m1/s1. The van der Waals surface area contributed by atoms with Crippen LogP contribution in [0.5, 0.6) is 17.2 Å². The Balaban J connectivity index is 1.23. The largest absolute Gasteiger partial charge is 0.493 e. The van der Waals surface area contributed by atoms with Crippen LogP contribution in [-0.4, -0.2) is 111 Å². The minimum Gasteiger partial charge on any atom is -0.493 e. The lowest BCUT2D eigenvalue weighted by Gasteiger charge is -2.23. The van der Waals surface area contributed by atoms with Gasteiger partial charge in [-0.2, -0.15) is 0 Å². The molecule has 1 N–H and O–H groups in total. The van der Waals surface area contributed by atoms with Crippen molar-refractivity contribution < 1.29 is 23.8 Å². The molecule has 0 fully saturated rings. The second kappa shape index (κ2) is 15.9. The van der Waals surface area contributed by atoms with Crippen LogP contribution in [0.15, 0.2) is 71.8 Å². The van der Waals surface area contributed by atoms with E-state index in [4.69, 9.17) is 25.8 Å². The number of methoxy groups -OCH3 is 1. The van der Waals surface area contributed by atoms with Gasteiger partial charge in [-0.15, -0.1) is 11.6 Å². The Morgan fingerprint density at radius 1 is 1.04 bits per heavy atom. The number of nitrogens with one attached hydrogen (secondary N) is 1. The number of benzene rings is 3. The fraction of sp³-hybridized carbons (Fsp3) is 0.351. The van der Waals surface area contributed by atoms with Crippen LogP contribution in [0.2, 0.25) is 0 Å². The number of aromatic amines is 1. The van der Waals surface area contributed by atoms with Crippen LogP contribution in [0.4, 0.5) is 10.5 Å². The third-order valence-corrected chi connectivity index (χ3v) is 11.6. The Morgan fingerprint density at radius 2 is 1.84 bits per heavy atom. The Kier molecular flexibility index (Phi) is 11.4. The molecule has 0 saturated heterocycles. The van der Waals surface area contributed by atoms with E-state index in [9.17, 15) is 9.59 Å². The van der Waals surface area contributed by atoms with Crippen molar-refractivity contribution in [1.29, 1.82) is 0 Å². The van der Waals surface area contributed by atoms with Crippen LogP contribution < -0.4 is 19.1 Å². The highest BCUT2D eigenvalue weighted by Crippen LogP contribution is 2.46. The molecule has 2 aliphatic rings. The highest BCUT2D eigenvalue weighted by atomic mass is 35.5. The van der Waals surface area contributed by atoms with E-state index in [-0.39, 0.29) is 11.8 Å².